The van der Waals surface area contributed by atoms with Gasteiger partial charge in [-0.1, -0.05) is 109 Å². The number of rotatable bonds is 10. The number of amidine groups is 1. The van der Waals surface area contributed by atoms with E-state index < -0.39 is 11.8 Å². The third-order valence-electron chi connectivity index (χ3n) is 8.29. The maximum Gasteiger partial charge on any atom is 0.285 e. The molecule has 3 aromatic carbocycles. The van der Waals surface area contributed by atoms with Crippen LogP contribution in [0.2, 0.25) is 0 Å². The molecule has 4 aromatic rings. The van der Waals surface area contributed by atoms with Crippen molar-refractivity contribution in [1.82, 2.24) is 14.8 Å². The second-order valence-corrected chi connectivity index (χ2v) is 12.7. The monoisotopic (exact) mass is 668 g/mol. The molecule has 7 nitrogen and oxygen atoms in total. The molecule has 0 saturated heterocycles. The second-order valence-electron chi connectivity index (χ2n) is 11.8. The van der Waals surface area contributed by atoms with Crippen LogP contribution >= 0.6 is 11.8 Å². The number of thioether (sulfide) groups is 1. The predicted molar refractivity (Wildman–Crippen MR) is 200 cm³/mol. The number of carbonyl (C=O) groups is 3. The molecule has 0 aliphatic carbocycles. The van der Waals surface area contributed by atoms with Gasteiger partial charge in [-0.15, -0.1) is 0 Å². The zero-order valence-electron chi connectivity index (χ0n) is 28.4. The number of nitrogens with zero attached hydrogens (tertiary/aromatic N) is 3. The molecule has 0 unspecified atom stereocenters. The van der Waals surface area contributed by atoms with Gasteiger partial charge in [0, 0.05) is 22.8 Å². The number of aryl methyl sites for hydroxylation is 3. The first kappa shape index (κ1) is 34.9. The highest BCUT2D eigenvalue weighted by molar-refractivity contribution is 8.14. The molecule has 8 heteroatoms. The molecule has 1 N–H and O–H groups in total. The molecule has 0 radical (unpaired) electrons. The molecule has 1 aliphatic heterocycles. The van der Waals surface area contributed by atoms with Gasteiger partial charge in [-0.25, -0.2) is 0 Å². The Kier molecular flexibility index (Phi) is 11.1. The smallest absolute Gasteiger partial charge is 0.285 e. The van der Waals surface area contributed by atoms with E-state index in [1.807, 2.05) is 80.6 Å². The lowest BCUT2D eigenvalue weighted by Crippen LogP contribution is -2.42. The van der Waals surface area contributed by atoms with Crippen molar-refractivity contribution in [3.63, 3.8) is 0 Å². The van der Waals surface area contributed by atoms with Crippen LogP contribution in [0, 0.1) is 27.7 Å². The highest BCUT2D eigenvalue weighted by Gasteiger charge is 2.35. The normalized spacial score (nSPS) is 14.6. The first-order valence-electron chi connectivity index (χ1n) is 16.1. The summed E-state index contributed by atoms with van der Waals surface area (Å²) in [6.07, 6.45) is 8.41. The summed E-state index contributed by atoms with van der Waals surface area (Å²) in [6.45, 7) is 13.6. The van der Waals surface area contributed by atoms with Gasteiger partial charge in [-0.2, -0.15) is 4.99 Å². The number of nitrogens with one attached hydrogen (secondary N) is 1. The molecular formula is C41H40N4O3S. The highest BCUT2D eigenvalue weighted by atomic mass is 32.2. The third-order valence-corrected chi connectivity index (χ3v) is 9.23. The number of aromatic nitrogens is 1. The number of allylic oxidation sites excluding steroid dienone is 4. The van der Waals surface area contributed by atoms with Gasteiger partial charge in [-0.3, -0.25) is 19.3 Å². The summed E-state index contributed by atoms with van der Waals surface area (Å²) in [7, 11) is 0. The number of benzene rings is 3. The van der Waals surface area contributed by atoms with E-state index in [1.54, 1.807) is 37.3 Å². The van der Waals surface area contributed by atoms with Crippen LogP contribution in [0.25, 0.3) is 11.8 Å². The number of aliphatic imine (C=N–C) groups is 1. The summed E-state index contributed by atoms with van der Waals surface area (Å²) in [5.74, 6) is -1.51. The summed E-state index contributed by atoms with van der Waals surface area (Å²) < 4.78 is 2.13. The first-order chi connectivity index (χ1) is 23.6. The van der Waals surface area contributed by atoms with Crippen LogP contribution in [0.5, 0.6) is 0 Å². The average Bonchev–Trinajstić information content (AvgIpc) is 3.38. The Morgan fingerprint density at radius 1 is 0.939 bits per heavy atom. The van der Waals surface area contributed by atoms with E-state index >= 15 is 0 Å². The van der Waals surface area contributed by atoms with Crippen molar-refractivity contribution in [2.75, 3.05) is 5.75 Å². The Labute approximate surface area is 292 Å². The van der Waals surface area contributed by atoms with Crippen molar-refractivity contribution >= 4 is 40.7 Å². The van der Waals surface area contributed by atoms with Crippen LogP contribution in [0.15, 0.2) is 132 Å². The maximum absolute atomic E-state index is 14.2. The molecule has 0 atom stereocenters. The fraction of sp³-hybridized carbons (Fsp3) is 0.171. The number of carbonyl (C=O) groups excluding carboxylic acids is 3. The zero-order chi connectivity index (χ0) is 35.1. The van der Waals surface area contributed by atoms with E-state index in [0.29, 0.717) is 5.70 Å². The van der Waals surface area contributed by atoms with Gasteiger partial charge in [0.15, 0.2) is 5.17 Å². The van der Waals surface area contributed by atoms with Crippen LogP contribution in [0.1, 0.15) is 52.2 Å². The standard InChI is InChI=1S/C41H40N4O3S/c1-7-9-20-34(8-2)45-40(48)35(25-33-24-29(5)44(30(33)6)36-23-27(3)21-22-28(36)4)39(47)43-41(45)49-26-37(46)42-38(31-16-12-10-13-17-31)32-18-14-11-15-19-32/h7-25,38H,1,26H2,2-6H3,(H,42,46)/b20-9-,34-8+,35-25+. The van der Waals surface area contributed by atoms with Crippen molar-refractivity contribution in [3.8, 4) is 5.69 Å². The topological polar surface area (TPSA) is 83.8 Å². The zero-order valence-corrected chi connectivity index (χ0v) is 29.3. The van der Waals surface area contributed by atoms with E-state index in [4.69, 9.17) is 0 Å². The minimum atomic E-state index is -0.657. The van der Waals surface area contributed by atoms with Crippen LogP contribution in [0.4, 0.5) is 0 Å². The van der Waals surface area contributed by atoms with Crippen LogP contribution in [0.3, 0.4) is 0 Å². The molecule has 0 spiro atoms. The molecule has 0 bridgehead atoms. The summed E-state index contributed by atoms with van der Waals surface area (Å²) in [5, 5.41) is 3.25. The maximum atomic E-state index is 14.2. The quantitative estimate of drug-likeness (QED) is 0.105. The fourth-order valence-corrected chi connectivity index (χ4v) is 6.62. The average molecular weight is 669 g/mol. The Bertz CT molecular complexity index is 1980. The van der Waals surface area contributed by atoms with Crippen molar-refractivity contribution in [2.24, 2.45) is 4.99 Å². The Morgan fingerprint density at radius 2 is 1.59 bits per heavy atom. The Morgan fingerprint density at radius 3 is 2.20 bits per heavy atom. The first-order valence-corrected chi connectivity index (χ1v) is 17.0. The second kappa shape index (κ2) is 15.6. The predicted octanol–water partition coefficient (Wildman–Crippen LogP) is 8.10. The molecule has 1 aromatic heterocycles. The largest absolute Gasteiger partial charge is 0.344 e. The number of amides is 3. The minimum Gasteiger partial charge on any atom is -0.344 e. The van der Waals surface area contributed by atoms with Crippen LogP contribution in [-0.2, 0) is 14.4 Å². The SMILES string of the molecule is C=C/C=C\C(=C/C)N1C(=O)/C(=C/c2cc(C)n(-c3cc(C)ccc3C)c2C)C(=O)N=C1SCC(=O)NC(c1ccccc1)c1ccccc1. The lowest BCUT2D eigenvalue weighted by Gasteiger charge is -2.28. The lowest BCUT2D eigenvalue weighted by molar-refractivity contribution is -0.126. The molecular weight excluding hydrogens is 629 g/mol. The van der Waals surface area contributed by atoms with E-state index in [0.717, 1.165) is 56.7 Å². The lowest BCUT2D eigenvalue weighted by atomic mass is 9.99. The molecule has 49 heavy (non-hydrogen) atoms. The van der Waals surface area contributed by atoms with E-state index in [-0.39, 0.29) is 28.4 Å². The number of hydrogen-bond acceptors (Lipinski definition) is 4. The summed E-state index contributed by atoms with van der Waals surface area (Å²) in [5.41, 5.74) is 8.23. The van der Waals surface area contributed by atoms with Crippen LogP contribution in [-0.4, -0.2) is 38.1 Å². The van der Waals surface area contributed by atoms with Gasteiger partial charge in [0.1, 0.15) is 5.57 Å². The molecule has 248 valence electrons. The van der Waals surface area contributed by atoms with E-state index in [9.17, 15) is 14.4 Å². The fourth-order valence-electron chi connectivity index (χ4n) is 5.81. The van der Waals surface area contributed by atoms with Crippen molar-refractivity contribution in [3.05, 3.63) is 166 Å². The van der Waals surface area contributed by atoms with Gasteiger partial charge in [0.2, 0.25) is 5.91 Å². The van der Waals surface area contributed by atoms with Gasteiger partial charge in [0.05, 0.1) is 11.8 Å². The van der Waals surface area contributed by atoms with Crippen molar-refractivity contribution < 1.29 is 14.4 Å². The molecule has 0 fully saturated rings. The molecule has 0 saturated carbocycles. The summed E-state index contributed by atoms with van der Waals surface area (Å²) in [6, 6.07) is 27.3. The van der Waals surface area contributed by atoms with E-state index in [2.05, 4.69) is 53.5 Å². The molecule has 3 amide bonds. The Balaban J connectivity index is 1.46. The Hall–Kier alpha value is -5.47. The van der Waals surface area contributed by atoms with Crippen LogP contribution < -0.4 is 5.32 Å². The summed E-state index contributed by atoms with van der Waals surface area (Å²) >= 11 is 1.04. The van der Waals surface area contributed by atoms with Gasteiger partial charge in [-0.05, 0) is 86.7 Å². The van der Waals surface area contributed by atoms with Gasteiger partial charge >= 0.3 is 0 Å². The molecule has 5 rings (SSSR count). The number of hydrogen-bond donors (Lipinski definition) is 1. The van der Waals surface area contributed by atoms with E-state index in [1.165, 1.54) is 4.90 Å². The summed E-state index contributed by atoms with van der Waals surface area (Å²) in [4.78, 5) is 47.0. The van der Waals surface area contributed by atoms with Gasteiger partial charge in [0.25, 0.3) is 11.8 Å². The van der Waals surface area contributed by atoms with Crippen molar-refractivity contribution in [1.29, 1.82) is 0 Å². The minimum absolute atomic E-state index is 0.0606. The molecule has 2 heterocycles. The highest BCUT2D eigenvalue weighted by Crippen LogP contribution is 2.30. The third kappa shape index (κ3) is 7.82. The van der Waals surface area contributed by atoms with Crippen molar-refractivity contribution in [2.45, 2.75) is 40.7 Å². The van der Waals surface area contributed by atoms with Gasteiger partial charge < -0.3 is 9.88 Å². The molecule has 1 aliphatic rings.